The minimum Gasteiger partial charge on any atom is -0.477 e. The van der Waals surface area contributed by atoms with Crippen molar-refractivity contribution in [2.24, 2.45) is 0 Å². The van der Waals surface area contributed by atoms with E-state index >= 15 is 0 Å². The summed E-state index contributed by atoms with van der Waals surface area (Å²) in [5.74, 6) is -0.608. The molecule has 1 aromatic carbocycles. The maximum Gasteiger partial charge on any atom is 0.353 e. The monoisotopic (exact) mass is 468 g/mol. The van der Waals surface area contributed by atoms with Gasteiger partial charge in [0.05, 0.1) is 12.7 Å². The number of hydrogen-bond acceptors (Lipinski definition) is 5. The Kier molecular flexibility index (Phi) is 5.44. The molecule has 2 N–H and O–H groups in total. The molecule has 0 aliphatic carbocycles. The van der Waals surface area contributed by atoms with Gasteiger partial charge in [-0.3, -0.25) is 14.5 Å². The van der Waals surface area contributed by atoms with E-state index < -0.39 is 28.3 Å². The first-order valence-electron chi connectivity index (χ1n) is 10.0. The Morgan fingerprint density at radius 2 is 2.03 bits per heavy atom. The summed E-state index contributed by atoms with van der Waals surface area (Å²) in [6, 6.07) is 12.2. The highest BCUT2D eigenvalue weighted by molar-refractivity contribution is 8.31. The second-order valence-electron chi connectivity index (χ2n) is 7.46. The van der Waals surface area contributed by atoms with Crippen LogP contribution in [0.3, 0.4) is 0 Å². The second kappa shape index (κ2) is 8.40. The van der Waals surface area contributed by atoms with Crippen molar-refractivity contribution in [1.82, 2.24) is 10.2 Å². The lowest BCUT2D eigenvalue weighted by Crippen LogP contribution is -2.70. The number of allylic oxidation sites excluding steroid dienone is 2. The summed E-state index contributed by atoms with van der Waals surface area (Å²) in [5, 5.41) is 14.3. The molecule has 4 heterocycles. The lowest BCUT2D eigenvalue weighted by Gasteiger charge is -2.50. The molecule has 3 unspecified atom stereocenters. The molecule has 3 aliphatic rings. The number of carboxylic acids is 1. The standard InChI is InChI=1S/C23H20N2O5S2/c26-18(12-14-6-2-1-3-7-14)24-19-21(27)25-20(23(28)29)17(13-31-22(19)25)32-11-5-9-16(32)15-8-4-10-30-15/h1-11,19,22,32H,12-13H2,(H,24,26)(H,28,29). The Morgan fingerprint density at radius 3 is 2.75 bits per heavy atom. The third kappa shape index (κ3) is 3.57. The van der Waals surface area contributed by atoms with Crippen molar-refractivity contribution in [2.75, 3.05) is 5.75 Å². The van der Waals surface area contributed by atoms with Crippen molar-refractivity contribution in [3.05, 3.63) is 88.2 Å². The minimum absolute atomic E-state index is 0.0300. The number of fused-ring (bicyclic) bond motifs is 1. The zero-order valence-electron chi connectivity index (χ0n) is 16.8. The van der Waals surface area contributed by atoms with Crippen molar-refractivity contribution in [3.63, 3.8) is 0 Å². The quantitative estimate of drug-likeness (QED) is 0.445. The first-order chi connectivity index (χ1) is 15.5. The van der Waals surface area contributed by atoms with E-state index in [9.17, 15) is 19.5 Å². The van der Waals surface area contributed by atoms with Gasteiger partial charge >= 0.3 is 5.97 Å². The largest absolute Gasteiger partial charge is 0.477 e. The summed E-state index contributed by atoms with van der Waals surface area (Å²) < 4.78 is 5.53. The molecule has 3 aliphatic heterocycles. The number of amides is 2. The number of aliphatic carboxylic acids is 1. The number of thiol groups is 1. The molecule has 164 valence electrons. The minimum atomic E-state index is -1.13. The third-order valence-electron chi connectivity index (χ3n) is 5.49. The van der Waals surface area contributed by atoms with E-state index in [0.29, 0.717) is 16.4 Å². The van der Waals surface area contributed by atoms with Gasteiger partial charge in [0.2, 0.25) is 5.91 Å². The fourth-order valence-corrected chi connectivity index (χ4v) is 7.95. The van der Waals surface area contributed by atoms with Gasteiger partial charge in [0.15, 0.2) is 0 Å². The van der Waals surface area contributed by atoms with Gasteiger partial charge in [-0.15, -0.1) is 11.8 Å². The molecule has 0 saturated carbocycles. The third-order valence-corrected chi connectivity index (χ3v) is 9.29. The van der Waals surface area contributed by atoms with E-state index in [-0.39, 0.29) is 23.9 Å². The second-order valence-corrected chi connectivity index (χ2v) is 10.6. The van der Waals surface area contributed by atoms with Gasteiger partial charge in [0, 0.05) is 15.6 Å². The zero-order chi connectivity index (χ0) is 22.2. The number of rotatable bonds is 6. The van der Waals surface area contributed by atoms with Crippen LogP contribution < -0.4 is 5.32 Å². The van der Waals surface area contributed by atoms with E-state index in [1.54, 1.807) is 12.3 Å². The molecule has 0 bridgehead atoms. The van der Waals surface area contributed by atoms with Crippen LogP contribution in [-0.2, 0) is 20.8 Å². The number of nitrogens with zero attached hydrogens (tertiary/aromatic N) is 1. The van der Waals surface area contributed by atoms with Crippen LogP contribution in [0.5, 0.6) is 0 Å². The topological polar surface area (TPSA) is 99.9 Å². The molecule has 3 atom stereocenters. The van der Waals surface area contributed by atoms with Gasteiger partial charge < -0.3 is 14.8 Å². The molecule has 2 aromatic rings. The summed E-state index contributed by atoms with van der Waals surface area (Å²) in [7, 11) is -1.06. The van der Waals surface area contributed by atoms with E-state index in [4.69, 9.17) is 4.42 Å². The van der Waals surface area contributed by atoms with Gasteiger partial charge in [-0.05, 0) is 29.2 Å². The van der Waals surface area contributed by atoms with Crippen molar-refractivity contribution in [2.45, 2.75) is 17.8 Å². The van der Waals surface area contributed by atoms with Gasteiger partial charge in [0.1, 0.15) is 22.9 Å². The maximum atomic E-state index is 12.9. The molecule has 9 heteroatoms. The lowest BCUT2D eigenvalue weighted by molar-refractivity contribution is -0.150. The lowest BCUT2D eigenvalue weighted by atomic mass is 10.0. The molecule has 0 spiro atoms. The molecule has 2 amide bonds. The van der Waals surface area contributed by atoms with Crippen molar-refractivity contribution in [3.8, 4) is 0 Å². The van der Waals surface area contributed by atoms with E-state index in [0.717, 1.165) is 10.5 Å². The van der Waals surface area contributed by atoms with Crippen molar-refractivity contribution >= 4 is 45.3 Å². The summed E-state index contributed by atoms with van der Waals surface area (Å²) >= 11 is 1.48. The first kappa shape index (κ1) is 20.7. The van der Waals surface area contributed by atoms with Crippen LogP contribution in [0.4, 0.5) is 0 Å². The summed E-state index contributed by atoms with van der Waals surface area (Å²) in [6.45, 7) is 0. The number of nitrogens with one attached hydrogen (secondary N) is 1. The normalized spacial score (nSPS) is 25.2. The van der Waals surface area contributed by atoms with Gasteiger partial charge in [-0.2, -0.15) is 10.9 Å². The number of β-lactam (4-membered cyclic amide) rings is 1. The number of carbonyl (C=O) groups is 3. The summed E-state index contributed by atoms with van der Waals surface area (Å²) in [6.07, 6.45) is 5.58. The number of benzene rings is 1. The van der Waals surface area contributed by atoms with Crippen LogP contribution in [0, 0.1) is 0 Å². The van der Waals surface area contributed by atoms with Gasteiger partial charge in [-0.25, -0.2) is 4.79 Å². The van der Waals surface area contributed by atoms with Crippen LogP contribution in [0.15, 0.2) is 81.3 Å². The highest BCUT2D eigenvalue weighted by Gasteiger charge is 2.54. The van der Waals surface area contributed by atoms with Gasteiger partial charge in [0.25, 0.3) is 5.91 Å². The van der Waals surface area contributed by atoms with Crippen molar-refractivity contribution < 1.29 is 23.9 Å². The molecular weight excluding hydrogens is 448 g/mol. The fraction of sp³-hybridized carbons (Fsp3) is 0.174. The van der Waals surface area contributed by atoms with Crippen LogP contribution in [-0.4, -0.2) is 45.0 Å². The van der Waals surface area contributed by atoms with Crippen LogP contribution in [0.1, 0.15) is 11.3 Å². The molecule has 1 saturated heterocycles. The summed E-state index contributed by atoms with van der Waals surface area (Å²) in [5.41, 5.74) is 0.883. The maximum absolute atomic E-state index is 12.9. The van der Waals surface area contributed by atoms with Crippen LogP contribution in [0.2, 0.25) is 0 Å². The van der Waals surface area contributed by atoms with Crippen LogP contribution >= 0.6 is 22.7 Å². The van der Waals surface area contributed by atoms with Crippen molar-refractivity contribution in [1.29, 1.82) is 0 Å². The fourth-order valence-electron chi connectivity index (χ4n) is 4.03. The van der Waals surface area contributed by atoms with E-state index in [2.05, 4.69) is 5.32 Å². The highest BCUT2D eigenvalue weighted by atomic mass is 32.2. The average molecular weight is 469 g/mol. The molecule has 0 radical (unpaired) electrons. The molecule has 5 rings (SSSR count). The number of carboxylic acid groups (broad SMARTS) is 1. The summed E-state index contributed by atoms with van der Waals surface area (Å²) in [4.78, 5) is 40.6. The highest BCUT2D eigenvalue weighted by Crippen LogP contribution is 2.58. The smallest absolute Gasteiger partial charge is 0.353 e. The molecule has 1 aromatic heterocycles. The molecule has 7 nitrogen and oxygen atoms in total. The predicted octanol–water partition coefficient (Wildman–Crippen LogP) is 3.09. The first-order valence-corrected chi connectivity index (χ1v) is 12.5. The molecular formula is C23H20N2O5S2. The Balaban J connectivity index is 1.36. The van der Waals surface area contributed by atoms with E-state index in [1.807, 2.05) is 54.0 Å². The average Bonchev–Trinajstić information content (AvgIpc) is 3.48. The molecule has 1 fully saturated rings. The van der Waals surface area contributed by atoms with E-state index in [1.165, 1.54) is 16.7 Å². The predicted molar refractivity (Wildman–Crippen MR) is 125 cm³/mol. The zero-order valence-corrected chi connectivity index (χ0v) is 18.5. The number of furan rings is 1. The Morgan fingerprint density at radius 1 is 1.22 bits per heavy atom. The Hall–Kier alpha value is -3.17. The van der Waals surface area contributed by atoms with Crippen LogP contribution in [0.25, 0.3) is 4.91 Å². The Bertz CT molecular complexity index is 1170. The number of carbonyl (C=O) groups excluding carboxylic acids is 2. The Labute approximate surface area is 191 Å². The van der Waals surface area contributed by atoms with Gasteiger partial charge in [-0.1, -0.05) is 36.4 Å². The number of hydrogen-bond donors (Lipinski definition) is 3. The SMILES string of the molecule is O=C(Cc1ccccc1)NC1C(=O)N2C(C(=O)O)=C([SH]3C=CC=C3c3ccco3)CSC12. The number of thioether (sulfide) groups is 1. The molecule has 32 heavy (non-hydrogen) atoms.